The van der Waals surface area contributed by atoms with Gasteiger partial charge < -0.3 is 11.1 Å². The van der Waals surface area contributed by atoms with Crippen molar-refractivity contribution in [2.45, 2.75) is 6.42 Å². The number of carbonyl (C=O) groups excluding carboxylic acids is 1. The Morgan fingerprint density at radius 3 is 2.81 bits per heavy atom. The number of benzene rings is 1. The molecule has 0 aliphatic heterocycles. The molecule has 0 spiro atoms. The number of hydrogen-bond acceptors (Lipinski definition) is 5. The molecular formula is C14H14N4O3. The molecule has 7 heteroatoms. The van der Waals surface area contributed by atoms with Crippen molar-refractivity contribution in [3.8, 4) is 0 Å². The third-order valence-electron chi connectivity index (χ3n) is 2.89. The summed E-state index contributed by atoms with van der Waals surface area (Å²) in [5, 5.41) is 13.4. The van der Waals surface area contributed by atoms with Crippen molar-refractivity contribution in [1.29, 1.82) is 0 Å². The van der Waals surface area contributed by atoms with Crippen LogP contribution < -0.4 is 11.1 Å². The lowest BCUT2D eigenvalue weighted by Gasteiger charge is -2.07. The maximum absolute atomic E-state index is 12.0. The van der Waals surface area contributed by atoms with E-state index in [1.54, 1.807) is 6.20 Å². The monoisotopic (exact) mass is 286 g/mol. The molecule has 0 saturated heterocycles. The summed E-state index contributed by atoms with van der Waals surface area (Å²) in [6, 6.07) is 9.32. The Kier molecular flexibility index (Phi) is 4.45. The number of rotatable bonds is 5. The van der Waals surface area contributed by atoms with E-state index in [1.165, 1.54) is 18.2 Å². The van der Waals surface area contributed by atoms with Gasteiger partial charge in [0.1, 0.15) is 0 Å². The first-order valence-corrected chi connectivity index (χ1v) is 6.30. The molecule has 0 aliphatic rings. The molecule has 3 N–H and O–H groups in total. The Balaban J connectivity index is 2.00. The molecule has 0 fully saturated rings. The van der Waals surface area contributed by atoms with Crippen LogP contribution in [0.3, 0.4) is 0 Å². The maximum Gasteiger partial charge on any atom is 0.270 e. The van der Waals surface area contributed by atoms with Crippen LogP contribution in [0.2, 0.25) is 0 Å². The fourth-order valence-electron chi connectivity index (χ4n) is 1.80. The van der Waals surface area contributed by atoms with E-state index in [-0.39, 0.29) is 16.9 Å². The zero-order valence-corrected chi connectivity index (χ0v) is 11.2. The smallest absolute Gasteiger partial charge is 0.270 e. The van der Waals surface area contributed by atoms with Gasteiger partial charge in [0.15, 0.2) is 0 Å². The van der Waals surface area contributed by atoms with Crippen LogP contribution in [0.25, 0.3) is 0 Å². The minimum atomic E-state index is -0.565. The summed E-state index contributed by atoms with van der Waals surface area (Å²) in [5.41, 5.74) is 6.67. The molecule has 0 saturated carbocycles. The van der Waals surface area contributed by atoms with Crippen LogP contribution in [-0.4, -0.2) is 22.4 Å². The number of non-ortho nitro benzene ring substituents is 1. The van der Waals surface area contributed by atoms with Gasteiger partial charge in [0.2, 0.25) is 0 Å². The van der Waals surface area contributed by atoms with E-state index in [1.807, 2.05) is 18.2 Å². The highest BCUT2D eigenvalue weighted by molar-refractivity contribution is 5.99. The summed E-state index contributed by atoms with van der Waals surface area (Å²) in [6.07, 6.45) is 2.25. The third-order valence-corrected chi connectivity index (χ3v) is 2.89. The molecule has 7 nitrogen and oxygen atoms in total. The number of pyridine rings is 1. The second-order valence-corrected chi connectivity index (χ2v) is 4.36. The van der Waals surface area contributed by atoms with Gasteiger partial charge in [-0.3, -0.25) is 19.9 Å². The molecule has 1 aromatic carbocycles. The molecular weight excluding hydrogens is 272 g/mol. The zero-order valence-electron chi connectivity index (χ0n) is 11.2. The van der Waals surface area contributed by atoms with Crippen LogP contribution in [0.1, 0.15) is 16.1 Å². The number of nitrogens with zero attached hydrogens (tertiary/aromatic N) is 2. The van der Waals surface area contributed by atoms with Crippen LogP contribution in [0.15, 0.2) is 42.6 Å². The van der Waals surface area contributed by atoms with Gasteiger partial charge in [0, 0.05) is 42.7 Å². The lowest BCUT2D eigenvalue weighted by atomic mass is 10.1. The van der Waals surface area contributed by atoms with Crippen molar-refractivity contribution in [2.24, 2.45) is 0 Å². The normalized spacial score (nSPS) is 10.1. The number of carbonyl (C=O) groups is 1. The van der Waals surface area contributed by atoms with E-state index in [2.05, 4.69) is 10.3 Å². The first-order valence-electron chi connectivity index (χ1n) is 6.30. The van der Waals surface area contributed by atoms with Gasteiger partial charge in [0.25, 0.3) is 11.6 Å². The summed E-state index contributed by atoms with van der Waals surface area (Å²) in [7, 11) is 0. The van der Waals surface area contributed by atoms with Crippen molar-refractivity contribution >= 4 is 17.3 Å². The Morgan fingerprint density at radius 2 is 2.14 bits per heavy atom. The van der Waals surface area contributed by atoms with Crippen LogP contribution in [0.5, 0.6) is 0 Å². The average Bonchev–Trinajstić information content (AvgIpc) is 2.48. The highest BCUT2D eigenvalue weighted by Gasteiger charge is 2.14. The van der Waals surface area contributed by atoms with Gasteiger partial charge in [0.05, 0.1) is 10.5 Å². The van der Waals surface area contributed by atoms with E-state index >= 15 is 0 Å². The number of nitrogens with one attached hydrogen (secondary N) is 1. The Morgan fingerprint density at radius 1 is 1.33 bits per heavy atom. The summed E-state index contributed by atoms with van der Waals surface area (Å²) < 4.78 is 0. The third kappa shape index (κ3) is 3.75. The Hall–Kier alpha value is -2.96. The molecule has 0 radical (unpaired) electrons. The Labute approximate surface area is 121 Å². The first kappa shape index (κ1) is 14.4. The summed E-state index contributed by atoms with van der Waals surface area (Å²) in [6.45, 7) is 0.373. The second-order valence-electron chi connectivity index (χ2n) is 4.36. The van der Waals surface area contributed by atoms with Crippen molar-refractivity contribution in [3.05, 3.63) is 64.0 Å². The SMILES string of the molecule is Nc1ccc([N+](=O)[O-])cc1C(=O)NCCc1ccccn1. The molecule has 2 rings (SSSR count). The Bertz CT molecular complexity index is 659. The lowest BCUT2D eigenvalue weighted by Crippen LogP contribution is -2.26. The van der Waals surface area contributed by atoms with E-state index in [4.69, 9.17) is 5.73 Å². The van der Waals surface area contributed by atoms with Crippen molar-refractivity contribution < 1.29 is 9.72 Å². The number of nitrogen functional groups attached to an aromatic ring is 1. The largest absolute Gasteiger partial charge is 0.398 e. The van der Waals surface area contributed by atoms with E-state index in [0.717, 1.165) is 5.69 Å². The molecule has 1 amide bonds. The van der Waals surface area contributed by atoms with E-state index < -0.39 is 10.8 Å². The zero-order chi connectivity index (χ0) is 15.2. The number of amides is 1. The lowest BCUT2D eigenvalue weighted by molar-refractivity contribution is -0.384. The summed E-state index contributed by atoms with van der Waals surface area (Å²) >= 11 is 0. The van der Waals surface area contributed by atoms with Gasteiger partial charge in [-0.15, -0.1) is 0 Å². The fourth-order valence-corrected chi connectivity index (χ4v) is 1.80. The number of anilines is 1. The quantitative estimate of drug-likeness (QED) is 0.492. The molecule has 0 aliphatic carbocycles. The number of nitro benzene ring substituents is 1. The van der Waals surface area contributed by atoms with Crippen LogP contribution in [0, 0.1) is 10.1 Å². The number of hydrogen-bond donors (Lipinski definition) is 2. The van der Waals surface area contributed by atoms with Gasteiger partial charge in [-0.1, -0.05) is 6.07 Å². The fraction of sp³-hybridized carbons (Fsp3) is 0.143. The van der Waals surface area contributed by atoms with Gasteiger partial charge in [-0.2, -0.15) is 0 Å². The predicted molar refractivity (Wildman–Crippen MR) is 77.8 cm³/mol. The molecule has 2 aromatic rings. The second kappa shape index (κ2) is 6.47. The molecule has 1 heterocycles. The highest BCUT2D eigenvalue weighted by atomic mass is 16.6. The summed E-state index contributed by atoms with van der Waals surface area (Å²) in [4.78, 5) is 26.3. The van der Waals surface area contributed by atoms with E-state index in [9.17, 15) is 14.9 Å². The average molecular weight is 286 g/mol. The molecule has 21 heavy (non-hydrogen) atoms. The molecule has 0 bridgehead atoms. The highest BCUT2D eigenvalue weighted by Crippen LogP contribution is 2.19. The number of aromatic nitrogens is 1. The minimum Gasteiger partial charge on any atom is -0.398 e. The molecule has 0 unspecified atom stereocenters. The molecule has 0 atom stereocenters. The number of nitro groups is 1. The van der Waals surface area contributed by atoms with Crippen LogP contribution >= 0.6 is 0 Å². The standard InChI is InChI=1S/C14H14N4O3/c15-13-5-4-11(18(20)21)9-12(13)14(19)17-8-6-10-3-1-2-7-16-10/h1-5,7,9H,6,8,15H2,(H,17,19). The number of nitrogens with two attached hydrogens (primary N) is 1. The van der Waals surface area contributed by atoms with Crippen molar-refractivity contribution in [2.75, 3.05) is 12.3 Å². The van der Waals surface area contributed by atoms with Gasteiger partial charge >= 0.3 is 0 Å². The molecule has 1 aromatic heterocycles. The summed E-state index contributed by atoms with van der Waals surface area (Å²) in [5.74, 6) is -0.438. The first-order chi connectivity index (χ1) is 10.1. The van der Waals surface area contributed by atoms with E-state index in [0.29, 0.717) is 13.0 Å². The van der Waals surface area contributed by atoms with Crippen molar-refractivity contribution in [1.82, 2.24) is 10.3 Å². The van der Waals surface area contributed by atoms with Crippen molar-refractivity contribution in [3.63, 3.8) is 0 Å². The topological polar surface area (TPSA) is 111 Å². The van der Waals surface area contributed by atoms with Crippen LogP contribution in [0.4, 0.5) is 11.4 Å². The van der Waals surface area contributed by atoms with Crippen LogP contribution in [-0.2, 0) is 6.42 Å². The maximum atomic E-state index is 12.0. The van der Waals surface area contributed by atoms with Gasteiger partial charge in [-0.25, -0.2) is 0 Å². The predicted octanol–water partition coefficient (Wildman–Crippen LogP) is 1.54. The van der Waals surface area contributed by atoms with Gasteiger partial charge in [-0.05, 0) is 18.2 Å². The molecule has 108 valence electrons. The minimum absolute atomic E-state index is 0.102.